The molecule has 7 heteroatoms. The molecule has 2 rings (SSSR count). The lowest BCUT2D eigenvalue weighted by molar-refractivity contribution is -0.131. The van der Waals surface area contributed by atoms with Crippen LogP contribution in [0, 0.1) is 0 Å². The zero-order chi connectivity index (χ0) is 14.7. The summed E-state index contributed by atoms with van der Waals surface area (Å²) in [7, 11) is 1.70. The summed E-state index contributed by atoms with van der Waals surface area (Å²) in [6.07, 6.45) is 3.05. The molecule has 1 atom stereocenters. The maximum Gasteiger partial charge on any atom is 0.328 e. The van der Waals surface area contributed by atoms with E-state index in [1.165, 1.54) is 17.4 Å². The van der Waals surface area contributed by atoms with Gasteiger partial charge in [-0.15, -0.1) is 11.3 Å². The first kappa shape index (κ1) is 14.3. The Kier molecular flexibility index (Phi) is 4.19. The SMILES string of the molecule is CN1CCC(NC(=O)c2csc(/C=C/C(=O)O)c2)C1=O. The van der Waals surface area contributed by atoms with E-state index in [2.05, 4.69) is 5.32 Å². The molecule has 0 aliphatic carbocycles. The van der Waals surface area contributed by atoms with Crippen LogP contribution >= 0.6 is 11.3 Å². The number of hydrogen-bond donors (Lipinski definition) is 2. The number of rotatable bonds is 4. The van der Waals surface area contributed by atoms with Crippen LogP contribution < -0.4 is 5.32 Å². The lowest BCUT2D eigenvalue weighted by Crippen LogP contribution is -2.40. The summed E-state index contributed by atoms with van der Waals surface area (Å²) >= 11 is 1.27. The van der Waals surface area contributed by atoms with E-state index in [-0.39, 0.29) is 11.8 Å². The first-order chi connectivity index (χ1) is 9.47. The van der Waals surface area contributed by atoms with Crippen LogP contribution in [-0.4, -0.2) is 47.4 Å². The molecule has 0 spiro atoms. The van der Waals surface area contributed by atoms with E-state index in [1.807, 2.05) is 0 Å². The average molecular weight is 294 g/mol. The zero-order valence-corrected chi connectivity index (χ0v) is 11.6. The number of likely N-dealkylation sites (N-methyl/N-ethyl adjacent to an activating group) is 1. The number of carbonyl (C=O) groups is 3. The van der Waals surface area contributed by atoms with E-state index >= 15 is 0 Å². The number of carbonyl (C=O) groups excluding carboxylic acids is 2. The van der Waals surface area contributed by atoms with Crippen LogP contribution in [0.1, 0.15) is 21.7 Å². The van der Waals surface area contributed by atoms with Gasteiger partial charge in [0, 0.05) is 29.9 Å². The molecule has 20 heavy (non-hydrogen) atoms. The van der Waals surface area contributed by atoms with Crippen molar-refractivity contribution < 1.29 is 19.5 Å². The molecule has 1 aliphatic rings. The highest BCUT2D eigenvalue weighted by Crippen LogP contribution is 2.17. The summed E-state index contributed by atoms with van der Waals surface area (Å²) < 4.78 is 0. The Morgan fingerprint density at radius 2 is 2.30 bits per heavy atom. The molecule has 0 saturated carbocycles. The van der Waals surface area contributed by atoms with Gasteiger partial charge < -0.3 is 15.3 Å². The second-order valence-corrected chi connectivity index (χ2v) is 5.43. The van der Waals surface area contributed by atoms with E-state index in [0.29, 0.717) is 23.4 Å². The van der Waals surface area contributed by atoms with Crippen molar-refractivity contribution in [1.82, 2.24) is 10.2 Å². The van der Waals surface area contributed by atoms with Gasteiger partial charge in [-0.25, -0.2) is 4.79 Å². The van der Waals surface area contributed by atoms with Gasteiger partial charge in [0.25, 0.3) is 5.91 Å². The molecule has 6 nitrogen and oxygen atoms in total. The second kappa shape index (κ2) is 5.87. The molecule has 2 amide bonds. The minimum atomic E-state index is -1.04. The molecule has 1 aromatic heterocycles. The van der Waals surface area contributed by atoms with Gasteiger partial charge >= 0.3 is 5.97 Å². The van der Waals surface area contributed by atoms with Crippen molar-refractivity contribution in [2.75, 3.05) is 13.6 Å². The highest BCUT2D eigenvalue weighted by molar-refractivity contribution is 7.11. The second-order valence-electron chi connectivity index (χ2n) is 4.48. The lowest BCUT2D eigenvalue weighted by atomic mass is 10.2. The lowest BCUT2D eigenvalue weighted by Gasteiger charge is -2.11. The molecule has 1 saturated heterocycles. The Morgan fingerprint density at radius 1 is 1.55 bits per heavy atom. The van der Waals surface area contributed by atoms with Crippen molar-refractivity contribution in [3.63, 3.8) is 0 Å². The first-order valence-electron chi connectivity index (χ1n) is 6.03. The number of nitrogens with one attached hydrogen (secondary N) is 1. The molecule has 106 valence electrons. The Labute approximate surface area is 119 Å². The fourth-order valence-corrected chi connectivity index (χ4v) is 2.69. The third-order valence-electron chi connectivity index (χ3n) is 3.00. The number of likely N-dealkylation sites (tertiary alicyclic amines) is 1. The highest BCUT2D eigenvalue weighted by atomic mass is 32.1. The van der Waals surface area contributed by atoms with Crippen molar-refractivity contribution in [1.29, 1.82) is 0 Å². The van der Waals surface area contributed by atoms with Crippen LogP contribution in [-0.2, 0) is 9.59 Å². The van der Waals surface area contributed by atoms with Crippen molar-refractivity contribution >= 4 is 35.2 Å². The van der Waals surface area contributed by atoms with Gasteiger partial charge in [0.1, 0.15) is 6.04 Å². The smallest absolute Gasteiger partial charge is 0.328 e. The molecular weight excluding hydrogens is 280 g/mol. The van der Waals surface area contributed by atoms with Gasteiger partial charge in [0.15, 0.2) is 0 Å². The Balaban J connectivity index is 2.00. The van der Waals surface area contributed by atoms with Crippen LogP contribution in [0.2, 0.25) is 0 Å². The minimum absolute atomic E-state index is 0.0837. The van der Waals surface area contributed by atoms with Crippen molar-refractivity contribution in [2.24, 2.45) is 0 Å². The van der Waals surface area contributed by atoms with Crippen LogP contribution in [0.5, 0.6) is 0 Å². The molecule has 1 aliphatic heterocycles. The molecule has 1 unspecified atom stereocenters. The maximum absolute atomic E-state index is 12.0. The molecular formula is C13H14N2O4S. The van der Waals surface area contributed by atoms with Gasteiger partial charge in [0.05, 0.1) is 5.56 Å². The number of carboxylic acid groups (broad SMARTS) is 1. The van der Waals surface area contributed by atoms with Crippen LogP contribution in [0.4, 0.5) is 0 Å². The normalized spacial score (nSPS) is 18.8. The van der Waals surface area contributed by atoms with Crippen molar-refractivity contribution in [2.45, 2.75) is 12.5 Å². The largest absolute Gasteiger partial charge is 0.478 e. The van der Waals surface area contributed by atoms with E-state index in [9.17, 15) is 14.4 Å². The average Bonchev–Trinajstić information content (AvgIpc) is 2.98. The number of hydrogen-bond acceptors (Lipinski definition) is 4. The summed E-state index contributed by atoms with van der Waals surface area (Å²) in [5.41, 5.74) is 0.433. The fourth-order valence-electron chi connectivity index (χ4n) is 1.91. The standard InChI is InChI=1S/C13H14N2O4S/c1-15-5-4-10(13(15)19)14-12(18)8-6-9(20-7-8)2-3-11(16)17/h2-3,6-7,10H,4-5H2,1H3,(H,14,18)(H,16,17)/b3-2+. The maximum atomic E-state index is 12.0. The minimum Gasteiger partial charge on any atom is -0.478 e. The van der Waals surface area contributed by atoms with Gasteiger partial charge in [-0.3, -0.25) is 9.59 Å². The van der Waals surface area contributed by atoms with Crippen LogP contribution in [0.3, 0.4) is 0 Å². The quantitative estimate of drug-likeness (QED) is 0.804. The summed E-state index contributed by atoms with van der Waals surface area (Å²) in [5.74, 6) is -1.44. The summed E-state index contributed by atoms with van der Waals surface area (Å²) in [4.78, 5) is 36.3. The number of nitrogens with zero attached hydrogens (tertiary/aromatic N) is 1. The number of aliphatic carboxylic acids is 1. The predicted octanol–water partition coefficient (Wildman–Crippen LogP) is 0.806. The monoisotopic (exact) mass is 294 g/mol. The fraction of sp³-hybridized carbons (Fsp3) is 0.308. The number of carboxylic acids is 1. The first-order valence-corrected chi connectivity index (χ1v) is 6.90. The third kappa shape index (κ3) is 3.24. The molecule has 1 aromatic rings. The van der Waals surface area contributed by atoms with Crippen molar-refractivity contribution in [3.8, 4) is 0 Å². The Bertz CT molecular complexity index is 579. The molecule has 0 aromatic carbocycles. The molecule has 0 radical (unpaired) electrons. The summed E-state index contributed by atoms with van der Waals surface area (Å²) in [6, 6.07) is 1.13. The Hall–Kier alpha value is -2.15. The predicted molar refractivity (Wildman–Crippen MR) is 74.5 cm³/mol. The van der Waals surface area contributed by atoms with Crippen LogP contribution in [0.25, 0.3) is 6.08 Å². The van der Waals surface area contributed by atoms with Crippen molar-refractivity contribution in [3.05, 3.63) is 28.0 Å². The van der Waals surface area contributed by atoms with Gasteiger partial charge in [-0.1, -0.05) is 0 Å². The summed E-state index contributed by atoms with van der Waals surface area (Å²) in [5, 5.41) is 12.9. The van der Waals surface area contributed by atoms with E-state index in [1.54, 1.807) is 23.4 Å². The third-order valence-corrected chi connectivity index (χ3v) is 3.90. The van der Waals surface area contributed by atoms with Gasteiger partial charge in [0.2, 0.25) is 5.91 Å². The number of amides is 2. The Morgan fingerprint density at radius 3 is 2.90 bits per heavy atom. The van der Waals surface area contributed by atoms with E-state index in [4.69, 9.17) is 5.11 Å². The molecule has 2 heterocycles. The number of thiophene rings is 1. The van der Waals surface area contributed by atoms with Crippen LogP contribution in [0.15, 0.2) is 17.5 Å². The molecule has 1 fully saturated rings. The molecule has 0 bridgehead atoms. The van der Waals surface area contributed by atoms with Gasteiger partial charge in [-0.05, 0) is 18.6 Å². The highest BCUT2D eigenvalue weighted by Gasteiger charge is 2.30. The zero-order valence-electron chi connectivity index (χ0n) is 10.8. The topological polar surface area (TPSA) is 86.7 Å². The summed E-state index contributed by atoms with van der Waals surface area (Å²) in [6.45, 7) is 0.639. The molecule has 2 N–H and O–H groups in total. The van der Waals surface area contributed by atoms with E-state index in [0.717, 1.165) is 6.08 Å². The van der Waals surface area contributed by atoms with E-state index < -0.39 is 12.0 Å². The van der Waals surface area contributed by atoms with Gasteiger partial charge in [-0.2, -0.15) is 0 Å².